The van der Waals surface area contributed by atoms with E-state index in [0.29, 0.717) is 30.0 Å². The summed E-state index contributed by atoms with van der Waals surface area (Å²) in [6.45, 7) is 4.21. The van der Waals surface area contributed by atoms with Gasteiger partial charge in [0.2, 0.25) is 15.9 Å². The third-order valence-corrected chi connectivity index (χ3v) is 6.24. The van der Waals surface area contributed by atoms with E-state index in [0.717, 1.165) is 0 Å². The number of carbonyl (C=O) groups is 2. The maximum atomic E-state index is 12.6. The van der Waals surface area contributed by atoms with Gasteiger partial charge in [0.05, 0.1) is 24.1 Å². The highest BCUT2D eigenvalue weighted by atomic mass is 32.2. The monoisotopic (exact) mass is 419 g/mol. The zero-order valence-electron chi connectivity index (χ0n) is 16.6. The lowest BCUT2D eigenvalue weighted by Crippen LogP contribution is -2.30. The van der Waals surface area contributed by atoms with E-state index in [4.69, 9.17) is 0 Å². The van der Waals surface area contributed by atoms with Crippen molar-refractivity contribution in [2.45, 2.75) is 18.7 Å². The van der Waals surface area contributed by atoms with Crippen LogP contribution >= 0.6 is 0 Å². The van der Waals surface area contributed by atoms with Gasteiger partial charge >= 0.3 is 5.97 Å². The molecule has 0 bridgehead atoms. The fourth-order valence-corrected chi connectivity index (χ4v) is 4.21. The van der Waals surface area contributed by atoms with Crippen LogP contribution in [0.2, 0.25) is 0 Å². The first-order chi connectivity index (χ1) is 13.8. The van der Waals surface area contributed by atoms with E-state index in [2.05, 4.69) is 15.4 Å². The molecule has 0 fully saturated rings. The standard InChI is InChI=1S/C20H25N3O5S/c1-4-23(5-2)29(26,27)18-11-7-10-17(13-18)22-19(24)14-21-16-9-6-8-15(12-16)20(25)28-3/h6-13,21H,4-5,14H2,1-3H3,(H,22,24). The van der Waals surface area contributed by atoms with Gasteiger partial charge in [-0.2, -0.15) is 4.31 Å². The number of sulfonamides is 1. The second-order valence-corrected chi connectivity index (χ2v) is 8.03. The van der Waals surface area contributed by atoms with Crippen molar-refractivity contribution in [1.29, 1.82) is 0 Å². The van der Waals surface area contributed by atoms with E-state index in [-0.39, 0.29) is 17.3 Å². The minimum atomic E-state index is -3.61. The molecule has 2 rings (SSSR count). The van der Waals surface area contributed by atoms with Crippen LogP contribution in [0.25, 0.3) is 0 Å². The van der Waals surface area contributed by atoms with E-state index in [9.17, 15) is 18.0 Å². The number of esters is 1. The summed E-state index contributed by atoms with van der Waals surface area (Å²) in [5.41, 5.74) is 1.33. The molecular formula is C20H25N3O5S. The summed E-state index contributed by atoms with van der Waals surface area (Å²) in [6.07, 6.45) is 0. The molecule has 0 radical (unpaired) electrons. The smallest absolute Gasteiger partial charge is 0.337 e. The highest BCUT2D eigenvalue weighted by Crippen LogP contribution is 2.19. The fourth-order valence-electron chi connectivity index (χ4n) is 2.71. The molecule has 9 heteroatoms. The van der Waals surface area contributed by atoms with Crippen LogP contribution in [-0.4, -0.2) is 51.3 Å². The van der Waals surface area contributed by atoms with E-state index < -0.39 is 16.0 Å². The van der Waals surface area contributed by atoms with Crippen LogP contribution in [-0.2, 0) is 19.6 Å². The van der Waals surface area contributed by atoms with Crippen molar-refractivity contribution in [2.75, 3.05) is 37.4 Å². The third kappa shape index (κ3) is 5.78. The topological polar surface area (TPSA) is 105 Å². The Hall–Kier alpha value is -2.91. The summed E-state index contributed by atoms with van der Waals surface area (Å²) in [4.78, 5) is 23.9. The number of amides is 1. The second-order valence-electron chi connectivity index (χ2n) is 6.09. The summed E-state index contributed by atoms with van der Waals surface area (Å²) < 4.78 is 31.3. The van der Waals surface area contributed by atoms with Crippen molar-refractivity contribution >= 4 is 33.3 Å². The van der Waals surface area contributed by atoms with Gasteiger partial charge in [-0.15, -0.1) is 0 Å². The number of methoxy groups -OCH3 is 1. The Kier molecular flexibility index (Phi) is 7.74. The van der Waals surface area contributed by atoms with Crippen LogP contribution in [0, 0.1) is 0 Å². The van der Waals surface area contributed by atoms with E-state index in [1.54, 1.807) is 50.2 Å². The molecule has 0 aliphatic rings. The molecule has 156 valence electrons. The SMILES string of the molecule is CCN(CC)S(=O)(=O)c1cccc(NC(=O)CNc2cccc(C(=O)OC)c2)c1. The lowest BCUT2D eigenvalue weighted by Gasteiger charge is -2.19. The van der Waals surface area contributed by atoms with Gasteiger partial charge < -0.3 is 15.4 Å². The Bertz CT molecular complexity index is 972. The van der Waals surface area contributed by atoms with Crippen LogP contribution in [0.4, 0.5) is 11.4 Å². The van der Waals surface area contributed by atoms with Crippen molar-refractivity contribution in [1.82, 2.24) is 4.31 Å². The summed E-state index contributed by atoms with van der Waals surface area (Å²) in [7, 11) is -2.31. The van der Waals surface area contributed by atoms with Crippen LogP contribution in [0.15, 0.2) is 53.4 Å². The minimum absolute atomic E-state index is 0.0579. The molecule has 2 N–H and O–H groups in total. The molecule has 0 aromatic heterocycles. The lowest BCUT2D eigenvalue weighted by atomic mass is 10.2. The van der Waals surface area contributed by atoms with Crippen LogP contribution in [0.3, 0.4) is 0 Å². The Morgan fingerprint density at radius 3 is 2.31 bits per heavy atom. The number of benzene rings is 2. The Balaban J connectivity index is 2.04. The largest absolute Gasteiger partial charge is 0.465 e. The molecule has 0 saturated heterocycles. The number of nitrogens with one attached hydrogen (secondary N) is 2. The van der Waals surface area contributed by atoms with Crippen molar-refractivity contribution in [3.63, 3.8) is 0 Å². The zero-order valence-corrected chi connectivity index (χ0v) is 17.5. The minimum Gasteiger partial charge on any atom is -0.465 e. The molecule has 0 heterocycles. The molecule has 0 aliphatic heterocycles. The predicted molar refractivity (Wildman–Crippen MR) is 111 cm³/mol. The number of rotatable bonds is 9. The van der Waals surface area contributed by atoms with Crippen molar-refractivity contribution in [3.8, 4) is 0 Å². The molecule has 2 aromatic rings. The lowest BCUT2D eigenvalue weighted by molar-refractivity contribution is -0.114. The second kappa shape index (κ2) is 10.0. The van der Waals surface area contributed by atoms with Crippen LogP contribution in [0.1, 0.15) is 24.2 Å². The quantitative estimate of drug-likeness (QED) is 0.605. The van der Waals surface area contributed by atoms with Gasteiger partial charge in [0.15, 0.2) is 0 Å². The average Bonchev–Trinajstić information content (AvgIpc) is 2.72. The van der Waals surface area contributed by atoms with E-state index >= 15 is 0 Å². The molecule has 0 saturated carbocycles. The molecule has 2 aromatic carbocycles. The van der Waals surface area contributed by atoms with Gasteiger partial charge in [0, 0.05) is 24.5 Å². The Morgan fingerprint density at radius 2 is 1.66 bits per heavy atom. The van der Waals surface area contributed by atoms with Crippen molar-refractivity contribution < 1.29 is 22.7 Å². The summed E-state index contributed by atoms with van der Waals surface area (Å²) in [5.74, 6) is -0.824. The molecule has 8 nitrogen and oxygen atoms in total. The summed E-state index contributed by atoms with van der Waals surface area (Å²) in [5, 5.41) is 5.59. The third-order valence-electron chi connectivity index (χ3n) is 4.20. The number of hydrogen-bond acceptors (Lipinski definition) is 6. The van der Waals surface area contributed by atoms with Gasteiger partial charge in [-0.3, -0.25) is 4.79 Å². The normalized spacial score (nSPS) is 11.2. The first-order valence-electron chi connectivity index (χ1n) is 9.14. The fraction of sp³-hybridized carbons (Fsp3) is 0.300. The number of anilines is 2. The van der Waals surface area contributed by atoms with E-state index in [1.807, 2.05) is 0 Å². The molecule has 0 spiro atoms. The zero-order chi connectivity index (χ0) is 21.4. The van der Waals surface area contributed by atoms with Crippen LogP contribution < -0.4 is 10.6 Å². The van der Waals surface area contributed by atoms with Gasteiger partial charge in [-0.25, -0.2) is 13.2 Å². The Morgan fingerprint density at radius 1 is 1.00 bits per heavy atom. The molecule has 29 heavy (non-hydrogen) atoms. The van der Waals surface area contributed by atoms with E-state index in [1.165, 1.54) is 23.5 Å². The van der Waals surface area contributed by atoms with Gasteiger partial charge in [-0.1, -0.05) is 26.0 Å². The highest BCUT2D eigenvalue weighted by Gasteiger charge is 2.21. The van der Waals surface area contributed by atoms with Gasteiger partial charge in [0.25, 0.3) is 0 Å². The average molecular weight is 420 g/mol. The van der Waals surface area contributed by atoms with Crippen molar-refractivity contribution in [3.05, 3.63) is 54.1 Å². The number of carbonyl (C=O) groups excluding carboxylic acids is 2. The molecule has 0 atom stereocenters. The molecule has 1 amide bonds. The number of nitrogens with zero attached hydrogens (tertiary/aromatic N) is 1. The predicted octanol–water partition coefficient (Wildman–Crippen LogP) is 2.55. The van der Waals surface area contributed by atoms with Crippen molar-refractivity contribution in [2.24, 2.45) is 0 Å². The maximum absolute atomic E-state index is 12.6. The first-order valence-corrected chi connectivity index (χ1v) is 10.6. The highest BCUT2D eigenvalue weighted by molar-refractivity contribution is 7.89. The molecule has 0 aliphatic carbocycles. The molecular weight excluding hydrogens is 394 g/mol. The number of ether oxygens (including phenoxy) is 1. The van der Waals surface area contributed by atoms with Crippen LogP contribution in [0.5, 0.6) is 0 Å². The molecule has 0 unspecified atom stereocenters. The number of hydrogen-bond donors (Lipinski definition) is 2. The first kappa shape index (κ1) is 22.4. The van der Waals surface area contributed by atoms with Gasteiger partial charge in [-0.05, 0) is 36.4 Å². The van der Waals surface area contributed by atoms with Gasteiger partial charge in [0.1, 0.15) is 0 Å². The Labute approximate surface area is 170 Å². The maximum Gasteiger partial charge on any atom is 0.337 e. The summed E-state index contributed by atoms with van der Waals surface area (Å²) in [6, 6.07) is 12.7. The summed E-state index contributed by atoms with van der Waals surface area (Å²) >= 11 is 0.